The number of hydrogen-bond acceptors (Lipinski definition) is 2. The smallest absolute Gasteiger partial charge is 0.222 e. The molecule has 0 fully saturated rings. The number of carbonyl (C=O) groups excluding carboxylic acids is 1. The fourth-order valence-electron chi connectivity index (χ4n) is 0.964. The van der Waals surface area contributed by atoms with Crippen molar-refractivity contribution >= 4 is 6.08 Å². The van der Waals surface area contributed by atoms with Gasteiger partial charge in [0.25, 0.3) is 0 Å². The first kappa shape index (κ1) is 12.2. The largest absolute Gasteiger partial charge is 0.231 e. The minimum absolute atomic E-state index is 0.585. The van der Waals surface area contributed by atoms with Crippen LogP contribution in [0, 0.1) is 17.8 Å². The van der Waals surface area contributed by atoms with Crippen LogP contribution in [0.2, 0.25) is 0 Å². The average molecular weight is 187 g/mol. The maximum Gasteiger partial charge on any atom is 0.231 e. The summed E-state index contributed by atoms with van der Waals surface area (Å²) in [6, 6.07) is 8.13. The summed E-state index contributed by atoms with van der Waals surface area (Å²) in [5.74, 6) is 3.18. The minimum Gasteiger partial charge on any atom is -0.222 e. The molecule has 0 aromatic heterocycles. The van der Waals surface area contributed by atoms with Crippen molar-refractivity contribution < 1.29 is 4.79 Å². The molecule has 1 aromatic rings. The number of nitrogens with one attached hydrogen (secondary N) is 1. The fourth-order valence-corrected chi connectivity index (χ4v) is 0.964. The molecule has 0 aliphatic rings. The summed E-state index contributed by atoms with van der Waals surface area (Å²) in [5, 5.41) is 5.40. The molecule has 0 aliphatic carbocycles. The third-order valence-corrected chi connectivity index (χ3v) is 1.74. The van der Waals surface area contributed by atoms with Crippen molar-refractivity contribution in [1.29, 1.82) is 5.41 Å². The van der Waals surface area contributed by atoms with Gasteiger partial charge in [-0.25, -0.2) is 10.2 Å². The Hall–Kier alpha value is -1.84. The van der Waals surface area contributed by atoms with E-state index in [1.54, 1.807) is 0 Å². The quantitative estimate of drug-likeness (QED) is 0.410. The second-order valence-corrected chi connectivity index (χ2v) is 3.02. The molecule has 72 valence electrons. The van der Waals surface area contributed by atoms with Gasteiger partial charge in [0.2, 0.25) is 6.08 Å². The summed E-state index contributed by atoms with van der Waals surface area (Å²) in [7, 11) is 0. The van der Waals surface area contributed by atoms with E-state index in [1.165, 1.54) is 5.56 Å². The van der Waals surface area contributed by atoms with Gasteiger partial charge in [-0.1, -0.05) is 31.9 Å². The van der Waals surface area contributed by atoms with E-state index >= 15 is 0 Å². The van der Waals surface area contributed by atoms with Crippen molar-refractivity contribution in [3.8, 4) is 12.3 Å². The second-order valence-electron chi connectivity index (χ2n) is 3.02. The van der Waals surface area contributed by atoms with Crippen LogP contribution in [-0.2, 0) is 4.79 Å². The summed E-state index contributed by atoms with van der Waals surface area (Å²) in [6.45, 7) is 4.34. The van der Waals surface area contributed by atoms with Crippen LogP contribution in [0.5, 0.6) is 0 Å². The molecule has 0 amide bonds. The van der Waals surface area contributed by atoms with E-state index in [4.69, 9.17) is 16.6 Å². The number of benzene rings is 1. The van der Waals surface area contributed by atoms with E-state index < -0.39 is 0 Å². The molecule has 0 atom stereocenters. The summed E-state index contributed by atoms with van der Waals surface area (Å²) in [4.78, 5) is 8.35. The Morgan fingerprint density at radius 2 is 1.71 bits per heavy atom. The molecule has 0 spiro atoms. The van der Waals surface area contributed by atoms with Gasteiger partial charge >= 0.3 is 0 Å². The zero-order chi connectivity index (χ0) is 11.0. The van der Waals surface area contributed by atoms with Crippen LogP contribution in [-0.4, -0.2) is 6.08 Å². The third-order valence-electron chi connectivity index (χ3n) is 1.74. The molecule has 1 rings (SSSR count). The van der Waals surface area contributed by atoms with Crippen LogP contribution in [0.4, 0.5) is 0 Å². The third kappa shape index (κ3) is 4.25. The highest BCUT2D eigenvalue weighted by molar-refractivity contribution is 5.34. The number of isocyanates is 1. The van der Waals surface area contributed by atoms with Gasteiger partial charge < -0.3 is 0 Å². The Kier molecular flexibility index (Phi) is 5.78. The molecule has 2 nitrogen and oxygen atoms in total. The molecule has 1 N–H and O–H groups in total. The van der Waals surface area contributed by atoms with Gasteiger partial charge in [-0.15, -0.1) is 6.42 Å². The van der Waals surface area contributed by atoms with Gasteiger partial charge in [0.1, 0.15) is 0 Å². The molecule has 0 saturated heterocycles. The molecular formula is C12H13NO. The molecule has 0 heterocycles. The van der Waals surface area contributed by atoms with E-state index in [9.17, 15) is 0 Å². The van der Waals surface area contributed by atoms with Gasteiger partial charge in [-0.05, 0) is 23.6 Å². The highest BCUT2D eigenvalue weighted by Gasteiger charge is 1.96. The lowest BCUT2D eigenvalue weighted by molar-refractivity contribution is 0.563. The van der Waals surface area contributed by atoms with E-state index in [2.05, 4.69) is 31.9 Å². The molecule has 14 heavy (non-hydrogen) atoms. The Bertz CT molecular complexity index is 338. The Morgan fingerprint density at radius 1 is 1.29 bits per heavy atom. The van der Waals surface area contributed by atoms with Crippen LogP contribution >= 0.6 is 0 Å². The van der Waals surface area contributed by atoms with Crippen molar-refractivity contribution in [2.45, 2.75) is 19.8 Å². The predicted molar refractivity (Wildman–Crippen MR) is 56.9 cm³/mol. The van der Waals surface area contributed by atoms with E-state index in [-0.39, 0.29) is 0 Å². The number of terminal acetylenes is 1. The Balaban J connectivity index is 0.000000500. The molecule has 2 heteroatoms. The first-order valence-electron chi connectivity index (χ1n) is 4.26. The Morgan fingerprint density at radius 3 is 2.00 bits per heavy atom. The van der Waals surface area contributed by atoms with E-state index in [0.29, 0.717) is 5.92 Å². The highest BCUT2D eigenvalue weighted by atomic mass is 16.1. The molecule has 0 aliphatic heterocycles. The molecule has 0 saturated carbocycles. The average Bonchev–Trinajstić information content (AvgIpc) is 2.19. The summed E-state index contributed by atoms with van der Waals surface area (Å²) >= 11 is 0. The van der Waals surface area contributed by atoms with Crippen LogP contribution in [0.1, 0.15) is 30.9 Å². The summed E-state index contributed by atoms with van der Waals surface area (Å²) < 4.78 is 0. The monoisotopic (exact) mass is 187 g/mol. The van der Waals surface area contributed by atoms with Gasteiger partial charge in [-0.3, -0.25) is 0 Å². The standard InChI is InChI=1S/C11H12.CHNO/c1-4-10-5-7-11(8-6-10)9(2)3;2-1-3/h1,5-9H,2-3H3;2H. The fraction of sp³-hybridized carbons (Fsp3) is 0.250. The molecule has 0 radical (unpaired) electrons. The Labute approximate surface area is 84.5 Å². The second kappa shape index (κ2) is 6.65. The van der Waals surface area contributed by atoms with Crippen LogP contribution in [0.3, 0.4) is 0 Å². The predicted octanol–water partition coefficient (Wildman–Crippen LogP) is 2.69. The first-order valence-corrected chi connectivity index (χ1v) is 4.26. The first-order chi connectivity index (χ1) is 6.65. The lowest BCUT2D eigenvalue weighted by Gasteiger charge is -2.03. The van der Waals surface area contributed by atoms with Crippen molar-refractivity contribution in [2.24, 2.45) is 0 Å². The molecule has 1 aromatic carbocycles. The SMILES string of the molecule is C#Cc1ccc(C(C)C)cc1.N=C=O. The van der Waals surface area contributed by atoms with Crippen molar-refractivity contribution in [3.05, 3.63) is 35.4 Å². The molecular weight excluding hydrogens is 174 g/mol. The van der Waals surface area contributed by atoms with E-state index in [1.807, 2.05) is 12.1 Å². The number of hydrogen-bond donors (Lipinski definition) is 1. The van der Waals surface area contributed by atoms with Gasteiger partial charge in [-0.2, -0.15) is 0 Å². The maximum absolute atomic E-state index is 8.35. The van der Waals surface area contributed by atoms with Crippen molar-refractivity contribution in [2.75, 3.05) is 0 Å². The number of rotatable bonds is 1. The van der Waals surface area contributed by atoms with Gasteiger partial charge in [0, 0.05) is 5.56 Å². The normalized spacial score (nSPS) is 8.14. The zero-order valence-corrected chi connectivity index (χ0v) is 8.37. The van der Waals surface area contributed by atoms with Crippen LogP contribution < -0.4 is 0 Å². The highest BCUT2D eigenvalue weighted by Crippen LogP contribution is 2.13. The maximum atomic E-state index is 8.35. The lowest BCUT2D eigenvalue weighted by atomic mass is 10.0. The molecule has 0 unspecified atom stereocenters. The zero-order valence-electron chi connectivity index (χ0n) is 8.37. The van der Waals surface area contributed by atoms with Gasteiger partial charge in [0.05, 0.1) is 0 Å². The van der Waals surface area contributed by atoms with Crippen molar-refractivity contribution in [3.63, 3.8) is 0 Å². The molecule has 0 bridgehead atoms. The van der Waals surface area contributed by atoms with E-state index in [0.717, 1.165) is 11.6 Å². The lowest BCUT2D eigenvalue weighted by Crippen LogP contribution is -1.85. The summed E-state index contributed by atoms with van der Waals surface area (Å²) in [5.41, 5.74) is 2.29. The van der Waals surface area contributed by atoms with Crippen LogP contribution in [0.25, 0.3) is 0 Å². The van der Waals surface area contributed by atoms with Crippen LogP contribution in [0.15, 0.2) is 24.3 Å². The minimum atomic E-state index is 0.585. The summed E-state index contributed by atoms with van der Waals surface area (Å²) in [6.07, 6.45) is 5.98. The van der Waals surface area contributed by atoms with Crippen molar-refractivity contribution in [1.82, 2.24) is 0 Å². The van der Waals surface area contributed by atoms with Gasteiger partial charge in [0.15, 0.2) is 0 Å². The topological polar surface area (TPSA) is 40.9 Å².